The van der Waals surface area contributed by atoms with Gasteiger partial charge in [0.1, 0.15) is 0 Å². The van der Waals surface area contributed by atoms with Crippen LogP contribution in [0.25, 0.3) is 0 Å². The monoisotopic (exact) mass is 289 g/mol. The van der Waals surface area contributed by atoms with E-state index in [1.165, 1.54) is 5.56 Å². The average molecular weight is 289 g/mol. The Morgan fingerprint density at radius 1 is 1.38 bits per heavy atom. The van der Waals surface area contributed by atoms with Crippen LogP contribution >= 0.6 is 0 Å². The van der Waals surface area contributed by atoms with Gasteiger partial charge in [0.05, 0.1) is 0 Å². The molecular formula is C16H23N3O2. The number of para-hydroxylation sites is 1. The Kier molecular flexibility index (Phi) is 4.96. The van der Waals surface area contributed by atoms with Crippen LogP contribution < -0.4 is 10.6 Å². The predicted octanol–water partition coefficient (Wildman–Crippen LogP) is 1.16. The lowest BCUT2D eigenvalue weighted by Crippen LogP contribution is -2.42. The lowest BCUT2D eigenvalue weighted by Gasteiger charge is -2.30. The van der Waals surface area contributed by atoms with Crippen LogP contribution in [0.15, 0.2) is 24.3 Å². The van der Waals surface area contributed by atoms with Crippen molar-refractivity contribution in [2.24, 2.45) is 5.73 Å². The first-order chi connectivity index (χ1) is 10.0. The summed E-state index contributed by atoms with van der Waals surface area (Å²) in [4.78, 5) is 27.6. The maximum atomic E-state index is 12.1. The summed E-state index contributed by atoms with van der Waals surface area (Å²) in [5, 5.41) is 0. The summed E-state index contributed by atoms with van der Waals surface area (Å²) in [6.45, 7) is 2.78. The third-order valence-electron chi connectivity index (χ3n) is 4.14. The molecule has 0 aromatic heterocycles. The molecule has 0 spiro atoms. The molecule has 0 aliphatic carbocycles. The van der Waals surface area contributed by atoms with Crippen LogP contribution in [-0.4, -0.2) is 42.9 Å². The van der Waals surface area contributed by atoms with Gasteiger partial charge < -0.3 is 15.5 Å². The van der Waals surface area contributed by atoms with Crippen LogP contribution in [0.1, 0.15) is 25.3 Å². The van der Waals surface area contributed by atoms with Crippen molar-refractivity contribution in [2.75, 3.05) is 25.0 Å². The number of nitrogens with zero attached hydrogens (tertiary/aromatic N) is 2. The maximum absolute atomic E-state index is 12.1. The van der Waals surface area contributed by atoms with Crippen molar-refractivity contribution in [2.45, 2.75) is 32.2 Å². The molecule has 1 aromatic carbocycles. The van der Waals surface area contributed by atoms with Crippen LogP contribution in [0, 0.1) is 0 Å². The largest absolute Gasteiger partial charge is 0.342 e. The fourth-order valence-corrected chi connectivity index (χ4v) is 2.53. The molecular weight excluding hydrogens is 266 g/mol. The molecule has 5 heteroatoms. The highest BCUT2D eigenvalue weighted by Crippen LogP contribution is 2.27. The first kappa shape index (κ1) is 15.5. The molecule has 0 bridgehead atoms. The van der Waals surface area contributed by atoms with Gasteiger partial charge in [0, 0.05) is 44.7 Å². The Hall–Kier alpha value is -1.88. The number of carbonyl (C=O) groups excluding carboxylic acids is 2. The zero-order valence-corrected chi connectivity index (χ0v) is 12.7. The number of hydrogen-bond donors (Lipinski definition) is 1. The van der Waals surface area contributed by atoms with Gasteiger partial charge in [-0.3, -0.25) is 9.59 Å². The van der Waals surface area contributed by atoms with Gasteiger partial charge >= 0.3 is 0 Å². The number of rotatable bonds is 5. The lowest BCUT2D eigenvalue weighted by atomic mass is 10.0. The minimum absolute atomic E-state index is 0.0156. The van der Waals surface area contributed by atoms with Gasteiger partial charge in [-0.15, -0.1) is 0 Å². The van der Waals surface area contributed by atoms with Crippen LogP contribution in [0.5, 0.6) is 0 Å². The standard InChI is InChI=1S/C16H23N3O2/c1-12(11-17)18(2)15(20)9-10-19-14-6-4-3-5-13(14)7-8-16(19)21/h3-6,12H,7-11,17H2,1-2H3. The van der Waals surface area contributed by atoms with E-state index in [1.807, 2.05) is 31.2 Å². The van der Waals surface area contributed by atoms with E-state index >= 15 is 0 Å². The molecule has 114 valence electrons. The summed E-state index contributed by atoms with van der Waals surface area (Å²) in [6.07, 6.45) is 1.62. The minimum atomic E-state index is 0.0156. The maximum Gasteiger partial charge on any atom is 0.227 e. The van der Waals surface area contributed by atoms with Crippen molar-refractivity contribution >= 4 is 17.5 Å². The smallest absolute Gasteiger partial charge is 0.227 e. The molecule has 21 heavy (non-hydrogen) atoms. The van der Waals surface area contributed by atoms with E-state index in [0.29, 0.717) is 25.9 Å². The highest BCUT2D eigenvalue weighted by atomic mass is 16.2. The number of likely N-dealkylation sites (N-methyl/N-ethyl adjacent to an activating group) is 1. The third-order valence-corrected chi connectivity index (χ3v) is 4.14. The summed E-state index contributed by atoms with van der Waals surface area (Å²) < 4.78 is 0. The summed E-state index contributed by atoms with van der Waals surface area (Å²) in [7, 11) is 1.76. The first-order valence-electron chi connectivity index (χ1n) is 7.38. The van der Waals surface area contributed by atoms with E-state index in [4.69, 9.17) is 5.73 Å². The molecule has 1 heterocycles. The second kappa shape index (κ2) is 6.72. The Balaban J connectivity index is 2.03. The highest BCUT2D eigenvalue weighted by Gasteiger charge is 2.25. The van der Waals surface area contributed by atoms with Gasteiger partial charge in [0.2, 0.25) is 11.8 Å². The zero-order chi connectivity index (χ0) is 15.4. The van der Waals surface area contributed by atoms with Crippen molar-refractivity contribution in [3.8, 4) is 0 Å². The molecule has 1 unspecified atom stereocenters. The molecule has 2 amide bonds. The van der Waals surface area contributed by atoms with Crippen molar-refractivity contribution in [1.82, 2.24) is 4.90 Å². The van der Waals surface area contributed by atoms with Crippen molar-refractivity contribution in [1.29, 1.82) is 0 Å². The molecule has 2 rings (SSSR count). The number of hydrogen-bond acceptors (Lipinski definition) is 3. The van der Waals surface area contributed by atoms with Crippen molar-refractivity contribution in [3.05, 3.63) is 29.8 Å². The molecule has 1 aliphatic heterocycles. The Bertz CT molecular complexity index is 530. The number of anilines is 1. The van der Waals surface area contributed by atoms with E-state index < -0.39 is 0 Å². The number of benzene rings is 1. The van der Waals surface area contributed by atoms with Crippen LogP contribution in [0.4, 0.5) is 5.69 Å². The van der Waals surface area contributed by atoms with E-state index in [0.717, 1.165) is 12.1 Å². The van der Waals surface area contributed by atoms with Crippen LogP contribution in [0.2, 0.25) is 0 Å². The highest BCUT2D eigenvalue weighted by molar-refractivity contribution is 5.96. The van der Waals surface area contributed by atoms with E-state index in [1.54, 1.807) is 16.8 Å². The quantitative estimate of drug-likeness (QED) is 0.884. The Labute approximate surface area is 125 Å². The van der Waals surface area contributed by atoms with Gasteiger partial charge in [-0.05, 0) is 25.0 Å². The molecule has 1 aromatic rings. The summed E-state index contributed by atoms with van der Waals surface area (Å²) >= 11 is 0. The summed E-state index contributed by atoms with van der Waals surface area (Å²) in [6, 6.07) is 7.91. The fourth-order valence-electron chi connectivity index (χ4n) is 2.53. The number of carbonyl (C=O) groups is 2. The van der Waals surface area contributed by atoms with Gasteiger partial charge in [0.25, 0.3) is 0 Å². The molecule has 1 aliphatic rings. The molecule has 2 N–H and O–H groups in total. The predicted molar refractivity (Wildman–Crippen MR) is 83.0 cm³/mol. The lowest BCUT2D eigenvalue weighted by molar-refractivity contribution is -0.131. The van der Waals surface area contributed by atoms with Gasteiger partial charge in [0.15, 0.2) is 0 Å². The minimum Gasteiger partial charge on any atom is -0.342 e. The topological polar surface area (TPSA) is 66.6 Å². The van der Waals surface area contributed by atoms with Crippen molar-refractivity contribution in [3.63, 3.8) is 0 Å². The number of aryl methyl sites for hydroxylation is 1. The molecule has 0 saturated heterocycles. The SMILES string of the molecule is CC(CN)N(C)C(=O)CCN1C(=O)CCc2ccccc21. The first-order valence-corrected chi connectivity index (χ1v) is 7.38. The van der Waals surface area contributed by atoms with Gasteiger partial charge in [-0.25, -0.2) is 0 Å². The zero-order valence-electron chi connectivity index (χ0n) is 12.7. The van der Waals surface area contributed by atoms with Crippen LogP contribution in [-0.2, 0) is 16.0 Å². The van der Waals surface area contributed by atoms with Gasteiger partial charge in [-0.2, -0.15) is 0 Å². The third kappa shape index (κ3) is 3.42. The second-order valence-corrected chi connectivity index (χ2v) is 5.51. The van der Waals surface area contributed by atoms with Crippen molar-refractivity contribution < 1.29 is 9.59 Å². The number of nitrogens with two attached hydrogens (primary N) is 1. The van der Waals surface area contributed by atoms with E-state index in [2.05, 4.69) is 0 Å². The van der Waals surface area contributed by atoms with E-state index in [-0.39, 0.29) is 17.9 Å². The molecule has 0 radical (unpaired) electrons. The average Bonchev–Trinajstić information content (AvgIpc) is 2.52. The summed E-state index contributed by atoms with van der Waals surface area (Å²) in [5.74, 6) is 0.111. The molecule has 5 nitrogen and oxygen atoms in total. The Morgan fingerprint density at radius 3 is 2.81 bits per heavy atom. The molecule has 0 saturated carbocycles. The normalized spacial score (nSPS) is 15.6. The second-order valence-electron chi connectivity index (χ2n) is 5.51. The van der Waals surface area contributed by atoms with E-state index in [9.17, 15) is 9.59 Å². The van der Waals surface area contributed by atoms with Crippen LogP contribution in [0.3, 0.4) is 0 Å². The number of amides is 2. The summed E-state index contributed by atoms with van der Waals surface area (Å²) in [5.41, 5.74) is 7.69. The van der Waals surface area contributed by atoms with Gasteiger partial charge in [-0.1, -0.05) is 18.2 Å². The molecule has 1 atom stereocenters. The number of fused-ring (bicyclic) bond motifs is 1. The Morgan fingerprint density at radius 2 is 2.10 bits per heavy atom. The fraction of sp³-hybridized carbons (Fsp3) is 0.500. The molecule has 0 fully saturated rings.